The van der Waals surface area contributed by atoms with E-state index in [9.17, 15) is 13.2 Å². The molecule has 2 heterocycles. The molecule has 2 saturated heterocycles. The molecule has 2 fully saturated rings. The fraction of sp³-hybridized carbons (Fsp3) is 0.435. The van der Waals surface area contributed by atoms with E-state index >= 15 is 0 Å². The maximum atomic E-state index is 13.3. The molecule has 4 rings (SSSR count). The Morgan fingerprint density at radius 2 is 1.78 bits per heavy atom. The first-order chi connectivity index (χ1) is 15.4. The van der Waals surface area contributed by atoms with Gasteiger partial charge >= 0.3 is 0 Å². The van der Waals surface area contributed by atoms with Gasteiger partial charge in [-0.15, -0.1) is 0 Å². The molecule has 7 nitrogen and oxygen atoms in total. The molecule has 2 unspecified atom stereocenters. The average molecular weight is 479 g/mol. The monoisotopic (exact) mass is 478 g/mol. The van der Waals surface area contributed by atoms with E-state index < -0.39 is 10.0 Å². The standard InChI is InChI=1S/C23H27ClN2O5S/c1-30-20-8-10-21(11-9-20)32(28,29)26-12-2-3-18(15-26)23(27)25-13-14-31-22(16-25)17-4-6-19(24)7-5-17/h4-11,18,22H,2-3,12-16H2,1H3. The predicted octanol–water partition coefficient (Wildman–Crippen LogP) is 3.35. The zero-order valence-corrected chi connectivity index (χ0v) is 19.5. The lowest BCUT2D eigenvalue weighted by Gasteiger charge is -2.38. The van der Waals surface area contributed by atoms with Crippen LogP contribution in [0, 0.1) is 5.92 Å². The zero-order valence-electron chi connectivity index (χ0n) is 17.9. The second-order valence-corrected chi connectivity index (χ2v) is 10.4. The van der Waals surface area contributed by atoms with Crippen LogP contribution >= 0.6 is 11.6 Å². The van der Waals surface area contributed by atoms with Gasteiger partial charge in [0.25, 0.3) is 0 Å². The van der Waals surface area contributed by atoms with E-state index in [-0.39, 0.29) is 29.4 Å². The summed E-state index contributed by atoms with van der Waals surface area (Å²) in [6.07, 6.45) is 1.11. The highest BCUT2D eigenvalue weighted by Gasteiger charge is 2.36. The van der Waals surface area contributed by atoms with Crippen molar-refractivity contribution in [2.75, 3.05) is 39.9 Å². The molecule has 0 saturated carbocycles. The number of ether oxygens (including phenoxy) is 2. The normalized spacial score (nSPS) is 22.5. The molecule has 2 aliphatic rings. The van der Waals surface area contributed by atoms with Crippen molar-refractivity contribution >= 4 is 27.5 Å². The van der Waals surface area contributed by atoms with E-state index in [0.29, 0.717) is 49.9 Å². The first-order valence-corrected chi connectivity index (χ1v) is 12.5. The lowest BCUT2D eigenvalue weighted by Crippen LogP contribution is -2.50. The van der Waals surface area contributed by atoms with Gasteiger partial charge in [-0.1, -0.05) is 23.7 Å². The summed E-state index contributed by atoms with van der Waals surface area (Å²) >= 11 is 5.98. The minimum atomic E-state index is -3.67. The highest BCUT2D eigenvalue weighted by Crippen LogP contribution is 2.29. The molecule has 32 heavy (non-hydrogen) atoms. The lowest BCUT2D eigenvalue weighted by molar-refractivity contribution is -0.144. The molecule has 2 aromatic rings. The summed E-state index contributed by atoms with van der Waals surface area (Å²) < 4.78 is 38.7. The van der Waals surface area contributed by atoms with Gasteiger partial charge < -0.3 is 14.4 Å². The van der Waals surface area contributed by atoms with Crippen LogP contribution in [0.5, 0.6) is 5.75 Å². The number of methoxy groups -OCH3 is 1. The Labute approximate surface area is 193 Å². The second kappa shape index (κ2) is 9.79. The molecule has 9 heteroatoms. The van der Waals surface area contributed by atoms with E-state index in [1.54, 1.807) is 17.0 Å². The number of hydrogen-bond donors (Lipinski definition) is 0. The maximum Gasteiger partial charge on any atom is 0.243 e. The summed E-state index contributed by atoms with van der Waals surface area (Å²) in [5.74, 6) is 0.223. The third-order valence-corrected chi connectivity index (χ3v) is 8.18. The molecule has 1 amide bonds. The molecule has 0 bridgehead atoms. The van der Waals surface area contributed by atoms with Crippen LogP contribution in [-0.4, -0.2) is 63.4 Å². The Morgan fingerprint density at radius 3 is 2.47 bits per heavy atom. The first kappa shape index (κ1) is 23.0. The van der Waals surface area contributed by atoms with Gasteiger partial charge in [-0.2, -0.15) is 4.31 Å². The fourth-order valence-corrected chi connectivity index (χ4v) is 5.90. The molecule has 2 atom stereocenters. The minimum absolute atomic E-state index is 0.0121. The van der Waals surface area contributed by atoms with Crippen LogP contribution in [0.1, 0.15) is 24.5 Å². The number of nitrogens with zero attached hydrogens (tertiary/aromatic N) is 2. The van der Waals surface area contributed by atoms with Crippen LogP contribution in [0.2, 0.25) is 5.02 Å². The third kappa shape index (κ3) is 4.93. The lowest BCUT2D eigenvalue weighted by atomic mass is 9.97. The number of halogens is 1. The topological polar surface area (TPSA) is 76.2 Å². The van der Waals surface area contributed by atoms with Gasteiger partial charge in [-0.3, -0.25) is 4.79 Å². The van der Waals surface area contributed by atoms with Crippen molar-refractivity contribution in [2.24, 2.45) is 5.92 Å². The van der Waals surface area contributed by atoms with Crippen LogP contribution in [0.25, 0.3) is 0 Å². The van der Waals surface area contributed by atoms with Crippen molar-refractivity contribution in [1.82, 2.24) is 9.21 Å². The summed E-state index contributed by atoms with van der Waals surface area (Å²) in [5, 5.41) is 0.651. The van der Waals surface area contributed by atoms with Crippen LogP contribution in [0.4, 0.5) is 0 Å². The van der Waals surface area contributed by atoms with Crippen molar-refractivity contribution in [3.63, 3.8) is 0 Å². The number of carbonyl (C=O) groups excluding carboxylic acids is 1. The quantitative estimate of drug-likeness (QED) is 0.658. The van der Waals surface area contributed by atoms with E-state index in [1.807, 2.05) is 24.3 Å². The summed E-state index contributed by atoms with van der Waals surface area (Å²) in [5.41, 5.74) is 0.972. The summed E-state index contributed by atoms with van der Waals surface area (Å²) in [6, 6.07) is 13.8. The Bertz CT molecular complexity index is 1040. The average Bonchev–Trinajstić information content (AvgIpc) is 2.84. The van der Waals surface area contributed by atoms with Gasteiger partial charge in [0.15, 0.2) is 0 Å². The molecule has 0 aromatic heterocycles. The van der Waals surface area contributed by atoms with Crippen LogP contribution in [-0.2, 0) is 19.6 Å². The van der Waals surface area contributed by atoms with Crippen molar-refractivity contribution in [2.45, 2.75) is 23.8 Å². The largest absolute Gasteiger partial charge is 0.497 e. The van der Waals surface area contributed by atoms with Crippen molar-refractivity contribution in [1.29, 1.82) is 0 Å². The molecule has 0 aliphatic carbocycles. The van der Waals surface area contributed by atoms with Gasteiger partial charge in [0.1, 0.15) is 11.9 Å². The van der Waals surface area contributed by atoms with Gasteiger partial charge in [-0.05, 0) is 54.8 Å². The number of rotatable bonds is 5. The minimum Gasteiger partial charge on any atom is -0.497 e. The molecular formula is C23H27ClN2O5S. The van der Waals surface area contributed by atoms with Gasteiger partial charge in [0.05, 0.1) is 31.1 Å². The molecule has 0 spiro atoms. The van der Waals surface area contributed by atoms with Crippen molar-refractivity contribution in [3.8, 4) is 5.75 Å². The molecule has 172 valence electrons. The predicted molar refractivity (Wildman–Crippen MR) is 121 cm³/mol. The molecule has 0 radical (unpaired) electrons. The van der Waals surface area contributed by atoms with Gasteiger partial charge in [0.2, 0.25) is 15.9 Å². The third-order valence-electron chi connectivity index (χ3n) is 6.05. The SMILES string of the molecule is COc1ccc(S(=O)(=O)N2CCCC(C(=O)N3CCOC(c4ccc(Cl)cc4)C3)C2)cc1. The number of carbonyl (C=O) groups is 1. The van der Waals surface area contributed by atoms with Crippen LogP contribution in [0.15, 0.2) is 53.4 Å². The Morgan fingerprint density at radius 1 is 1.06 bits per heavy atom. The van der Waals surface area contributed by atoms with E-state index in [4.69, 9.17) is 21.1 Å². The molecule has 2 aliphatic heterocycles. The van der Waals surface area contributed by atoms with Gasteiger partial charge in [0, 0.05) is 24.7 Å². The van der Waals surface area contributed by atoms with E-state index in [1.165, 1.54) is 23.5 Å². The van der Waals surface area contributed by atoms with E-state index in [0.717, 1.165) is 5.56 Å². The Balaban J connectivity index is 1.44. The second-order valence-electron chi connectivity index (χ2n) is 8.07. The van der Waals surface area contributed by atoms with Crippen LogP contribution < -0.4 is 4.74 Å². The van der Waals surface area contributed by atoms with Crippen molar-refractivity contribution < 1.29 is 22.7 Å². The molecule has 2 aromatic carbocycles. The highest BCUT2D eigenvalue weighted by atomic mass is 35.5. The summed E-state index contributed by atoms with van der Waals surface area (Å²) in [6.45, 7) is 2.00. The number of piperidine rings is 1. The Hall–Kier alpha value is -2.13. The number of morpholine rings is 1. The number of benzene rings is 2. The van der Waals surface area contributed by atoms with Crippen LogP contribution in [0.3, 0.4) is 0 Å². The van der Waals surface area contributed by atoms with Crippen molar-refractivity contribution in [3.05, 3.63) is 59.1 Å². The molecular weight excluding hydrogens is 452 g/mol. The number of sulfonamides is 1. The van der Waals surface area contributed by atoms with Gasteiger partial charge in [-0.25, -0.2) is 8.42 Å². The van der Waals surface area contributed by atoms with E-state index in [2.05, 4.69) is 0 Å². The maximum absolute atomic E-state index is 13.3. The first-order valence-electron chi connectivity index (χ1n) is 10.7. The summed E-state index contributed by atoms with van der Waals surface area (Å²) in [4.78, 5) is 15.3. The molecule has 0 N–H and O–H groups in total. The smallest absolute Gasteiger partial charge is 0.243 e. The zero-order chi connectivity index (χ0) is 22.7. The summed E-state index contributed by atoms with van der Waals surface area (Å²) in [7, 11) is -2.14. The highest BCUT2D eigenvalue weighted by molar-refractivity contribution is 7.89. The Kier molecular flexibility index (Phi) is 7.05. The number of hydrogen-bond acceptors (Lipinski definition) is 5. The number of amides is 1. The fourth-order valence-electron chi connectivity index (χ4n) is 4.25.